The van der Waals surface area contributed by atoms with Gasteiger partial charge < -0.3 is 9.47 Å². The molecule has 11 heteroatoms. The van der Waals surface area contributed by atoms with Gasteiger partial charge >= 0.3 is 6.03 Å². The fourth-order valence-electron chi connectivity index (χ4n) is 2.39. The predicted octanol–water partition coefficient (Wildman–Crippen LogP) is 1.79. The molecule has 0 radical (unpaired) electrons. The second kappa shape index (κ2) is 7.38. The van der Waals surface area contributed by atoms with E-state index in [9.17, 15) is 13.2 Å². The lowest BCUT2D eigenvalue weighted by atomic mass is 10.2. The molecule has 0 saturated heterocycles. The molecule has 1 aromatic heterocycles. The van der Waals surface area contributed by atoms with Crippen molar-refractivity contribution in [2.24, 2.45) is 0 Å². The molecule has 3 rings (SSSR count). The maximum atomic E-state index is 12.6. The predicted molar refractivity (Wildman–Crippen MR) is 96.1 cm³/mol. The van der Waals surface area contributed by atoms with Crippen molar-refractivity contribution in [3.05, 3.63) is 35.9 Å². The molecule has 0 fully saturated rings. The lowest BCUT2D eigenvalue weighted by Crippen LogP contribution is -2.38. The van der Waals surface area contributed by atoms with Crippen LogP contribution in [0.2, 0.25) is 0 Å². The maximum absolute atomic E-state index is 12.6. The zero-order chi connectivity index (χ0) is 18.7. The lowest BCUT2D eigenvalue weighted by Gasteiger charge is -2.14. The highest BCUT2D eigenvalue weighted by Gasteiger charge is 2.35. The molecule has 1 aliphatic rings. The standard InChI is InChI=1S/C15H16N4O5S2/c1-23-12-7-13(24-2)17-14(16-12)18-15(20)19-26(21,22)11-8-25-10-6-4-3-5-9(10)11/h3-7,11H,8H2,1-2H3,(H2,16,17,18,19,20). The molecule has 9 nitrogen and oxygen atoms in total. The first-order valence-corrected chi connectivity index (χ1v) is 9.97. The fraction of sp³-hybridized carbons (Fsp3) is 0.267. The number of aromatic nitrogens is 2. The number of fused-ring (bicyclic) bond motifs is 1. The summed E-state index contributed by atoms with van der Waals surface area (Å²) >= 11 is 1.44. The van der Waals surface area contributed by atoms with Crippen LogP contribution in [0.3, 0.4) is 0 Å². The molecule has 1 aliphatic heterocycles. The van der Waals surface area contributed by atoms with Gasteiger partial charge in [-0.1, -0.05) is 18.2 Å². The van der Waals surface area contributed by atoms with Crippen LogP contribution in [0.5, 0.6) is 11.8 Å². The average Bonchev–Trinajstić information content (AvgIpc) is 3.05. The molecule has 1 atom stereocenters. The van der Waals surface area contributed by atoms with Crippen molar-refractivity contribution in [2.75, 3.05) is 25.3 Å². The Hall–Kier alpha value is -2.53. The summed E-state index contributed by atoms with van der Waals surface area (Å²) in [6, 6.07) is 7.67. The average molecular weight is 396 g/mol. The van der Waals surface area contributed by atoms with Gasteiger partial charge in [-0.2, -0.15) is 9.97 Å². The summed E-state index contributed by atoms with van der Waals surface area (Å²) in [6.07, 6.45) is 0. The van der Waals surface area contributed by atoms with Crippen LogP contribution >= 0.6 is 11.8 Å². The molecule has 138 valence electrons. The van der Waals surface area contributed by atoms with Crippen molar-refractivity contribution in [1.82, 2.24) is 14.7 Å². The first kappa shape index (κ1) is 18.3. The van der Waals surface area contributed by atoms with Crippen molar-refractivity contribution in [1.29, 1.82) is 0 Å². The molecule has 0 bridgehead atoms. The van der Waals surface area contributed by atoms with Crippen LogP contribution in [0.25, 0.3) is 0 Å². The molecular formula is C15H16N4O5S2. The summed E-state index contributed by atoms with van der Waals surface area (Å²) < 4.78 is 37.1. The Kier molecular flexibility index (Phi) is 5.18. The van der Waals surface area contributed by atoms with Crippen LogP contribution in [-0.4, -0.2) is 44.4 Å². The number of carbonyl (C=O) groups is 1. The first-order valence-electron chi connectivity index (χ1n) is 7.44. The number of ether oxygens (including phenoxy) is 2. The highest BCUT2D eigenvalue weighted by Crippen LogP contribution is 2.41. The number of amides is 2. The molecular weight excluding hydrogens is 380 g/mol. The van der Waals surface area contributed by atoms with Gasteiger partial charge in [0, 0.05) is 10.6 Å². The van der Waals surface area contributed by atoms with Gasteiger partial charge in [0.25, 0.3) is 0 Å². The summed E-state index contributed by atoms with van der Waals surface area (Å²) in [4.78, 5) is 20.9. The highest BCUT2D eigenvalue weighted by molar-refractivity contribution is 8.01. The number of rotatable bonds is 5. The number of benzene rings is 1. The number of anilines is 1. The third-order valence-corrected chi connectivity index (χ3v) is 6.62. The summed E-state index contributed by atoms with van der Waals surface area (Å²) in [5.41, 5.74) is 0.678. The second-order valence-corrected chi connectivity index (χ2v) is 8.14. The van der Waals surface area contributed by atoms with Gasteiger partial charge in [0.15, 0.2) is 0 Å². The topological polar surface area (TPSA) is 120 Å². The number of hydrogen-bond acceptors (Lipinski definition) is 8. The van der Waals surface area contributed by atoms with Gasteiger partial charge in [-0.3, -0.25) is 5.32 Å². The van der Waals surface area contributed by atoms with Gasteiger partial charge in [-0.25, -0.2) is 17.9 Å². The number of carbonyl (C=O) groups excluding carboxylic acids is 1. The Morgan fingerprint density at radius 1 is 1.19 bits per heavy atom. The third kappa shape index (κ3) is 3.83. The summed E-state index contributed by atoms with van der Waals surface area (Å²) in [5.74, 6) is 0.521. The summed E-state index contributed by atoms with van der Waals surface area (Å²) in [7, 11) is -1.14. The number of methoxy groups -OCH3 is 2. The van der Waals surface area contributed by atoms with E-state index in [-0.39, 0.29) is 17.7 Å². The van der Waals surface area contributed by atoms with Crippen molar-refractivity contribution >= 4 is 33.8 Å². The van der Waals surface area contributed by atoms with Gasteiger partial charge in [0.1, 0.15) is 5.25 Å². The van der Waals surface area contributed by atoms with Crippen molar-refractivity contribution < 1.29 is 22.7 Å². The zero-order valence-corrected chi connectivity index (χ0v) is 15.6. The van der Waals surface area contributed by atoms with Crippen LogP contribution in [0.1, 0.15) is 10.8 Å². The zero-order valence-electron chi connectivity index (χ0n) is 13.9. The Balaban J connectivity index is 1.74. The molecule has 1 aromatic carbocycles. The molecule has 2 N–H and O–H groups in total. The monoisotopic (exact) mass is 396 g/mol. The van der Waals surface area contributed by atoms with E-state index >= 15 is 0 Å². The number of thioether (sulfide) groups is 1. The second-order valence-electron chi connectivity index (χ2n) is 5.21. The normalized spacial score (nSPS) is 15.8. The van der Waals surface area contributed by atoms with Crippen LogP contribution in [-0.2, 0) is 10.0 Å². The van der Waals surface area contributed by atoms with Crippen LogP contribution in [0, 0.1) is 0 Å². The lowest BCUT2D eigenvalue weighted by molar-refractivity contribution is 0.256. The quantitative estimate of drug-likeness (QED) is 0.785. The third-order valence-electron chi connectivity index (χ3n) is 3.59. The van der Waals surface area contributed by atoms with E-state index in [4.69, 9.17) is 9.47 Å². The highest BCUT2D eigenvalue weighted by atomic mass is 32.2. The maximum Gasteiger partial charge on any atom is 0.335 e. The van der Waals surface area contributed by atoms with E-state index in [0.29, 0.717) is 11.3 Å². The molecule has 0 spiro atoms. The Bertz CT molecular complexity index is 913. The van der Waals surface area contributed by atoms with E-state index in [1.807, 2.05) is 16.9 Å². The molecule has 0 aliphatic carbocycles. The van der Waals surface area contributed by atoms with Gasteiger partial charge in [-0.15, -0.1) is 11.8 Å². The smallest absolute Gasteiger partial charge is 0.335 e. The Morgan fingerprint density at radius 2 is 1.85 bits per heavy atom. The number of nitrogens with one attached hydrogen (secondary N) is 2. The molecule has 26 heavy (non-hydrogen) atoms. The van der Waals surface area contributed by atoms with Crippen LogP contribution in [0.4, 0.5) is 10.7 Å². The minimum atomic E-state index is -3.93. The van der Waals surface area contributed by atoms with E-state index < -0.39 is 21.3 Å². The van der Waals surface area contributed by atoms with Crippen LogP contribution in [0.15, 0.2) is 35.2 Å². The Labute approximate surface area is 154 Å². The minimum absolute atomic E-state index is 0.143. The SMILES string of the molecule is COc1cc(OC)nc(NC(=O)NS(=O)(=O)C2CSc3ccccc32)n1. The van der Waals surface area contributed by atoms with E-state index in [1.165, 1.54) is 32.0 Å². The molecule has 1 unspecified atom stereocenters. The molecule has 2 aromatic rings. The molecule has 0 saturated carbocycles. The Morgan fingerprint density at radius 3 is 2.50 bits per heavy atom. The first-order chi connectivity index (χ1) is 12.4. The summed E-state index contributed by atoms with van der Waals surface area (Å²) in [5, 5.41) is 1.47. The van der Waals surface area contributed by atoms with E-state index in [0.717, 1.165) is 4.90 Å². The number of nitrogens with zero attached hydrogens (tertiary/aromatic N) is 2. The van der Waals surface area contributed by atoms with Crippen LogP contribution < -0.4 is 19.5 Å². The largest absolute Gasteiger partial charge is 0.481 e. The fourth-order valence-corrected chi connectivity index (χ4v) is 5.44. The van der Waals surface area contributed by atoms with E-state index in [1.54, 1.807) is 12.1 Å². The minimum Gasteiger partial charge on any atom is -0.481 e. The van der Waals surface area contributed by atoms with Crippen molar-refractivity contribution in [3.63, 3.8) is 0 Å². The molecule has 2 heterocycles. The van der Waals surface area contributed by atoms with E-state index in [2.05, 4.69) is 15.3 Å². The number of urea groups is 1. The van der Waals surface area contributed by atoms with Gasteiger partial charge in [0.05, 0.1) is 20.3 Å². The van der Waals surface area contributed by atoms with Gasteiger partial charge in [0.2, 0.25) is 27.7 Å². The summed E-state index contributed by atoms with van der Waals surface area (Å²) in [6.45, 7) is 0. The van der Waals surface area contributed by atoms with Crippen molar-refractivity contribution in [3.8, 4) is 11.8 Å². The van der Waals surface area contributed by atoms with Crippen molar-refractivity contribution in [2.45, 2.75) is 10.1 Å². The number of sulfonamides is 1. The molecule has 2 amide bonds. The van der Waals surface area contributed by atoms with Gasteiger partial charge in [-0.05, 0) is 11.6 Å². The number of hydrogen-bond donors (Lipinski definition) is 2.